The third-order valence-corrected chi connectivity index (χ3v) is 6.64. The number of hydrogen-bond acceptors (Lipinski definition) is 6. The molecule has 1 atom stereocenters. The van der Waals surface area contributed by atoms with Gasteiger partial charge in [0.25, 0.3) is 5.56 Å². The number of aromatic amines is 2. The summed E-state index contributed by atoms with van der Waals surface area (Å²) in [6.45, 7) is 1.38. The first-order chi connectivity index (χ1) is 15.2. The summed E-state index contributed by atoms with van der Waals surface area (Å²) in [5, 5.41) is 0. The lowest BCUT2D eigenvalue weighted by Crippen LogP contribution is -2.36. The fourth-order valence-electron chi connectivity index (χ4n) is 3.51. The molecule has 0 radical (unpaired) electrons. The molecule has 1 unspecified atom stereocenters. The van der Waals surface area contributed by atoms with Crippen LogP contribution in [0.15, 0.2) is 63.0 Å². The number of rotatable bonds is 9. The van der Waals surface area contributed by atoms with Crippen LogP contribution in [0.2, 0.25) is 0 Å². The number of sulfonamides is 1. The van der Waals surface area contributed by atoms with E-state index in [4.69, 9.17) is 9.47 Å². The van der Waals surface area contributed by atoms with Gasteiger partial charge in [0, 0.05) is 18.2 Å². The molecule has 10 heteroatoms. The van der Waals surface area contributed by atoms with Crippen molar-refractivity contribution in [2.75, 3.05) is 20.8 Å². The van der Waals surface area contributed by atoms with Gasteiger partial charge in [-0.25, -0.2) is 17.9 Å². The number of nitrogens with one attached hydrogen (secondary N) is 3. The van der Waals surface area contributed by atoms with E-state index in [1.54, 1.807) is 12.1 Å². The van der Waals surface area contributed by atoms with Crippen molar-refractivity contribution in [3.8, 4) is 11.5 Å². The lowest BCUT2D eigenvalue weighted by molar-refractivity contribution is 0.354. The largest absolute Gasteiger partial charge is 0.493 e. The summed E-state index contributed by atoms with van der Waals surface area (Å²) in [5.74, 6) is 0.818. The summed E-state index contributed by atoms with van der Waals surface area (Å²) < 4.78 is 39.0. The monoisotopic (exact) mass is 459 g/mol. The van der Waals surface area contributed by atoms with E-state index >= 15 is 0 Å². The first kappa shape index (κ1) is 23.3. The van der Waals surface area contributed by atoms with Gasteiger partial charge in [-0.2, -0.15) is 0 Å². The van der Waals surface area contributed by atoms with E-state index in [9.17, 15) is 18.0 Å². The maximum atomic E-state index is 12.9. The van der Waals surface area contributed by atoms with Gasteiger partial charge in [0.05, 0.1) is 14.2 Å². The molecule has 3 aromatic rings. The highest BCUT2D eigenvalue weighted by Crippen LogP contribution is 2.32. The molecule has 2 aromatic carbocycles. The fourth-order valence-corrected chi connectivity index (χ4v) is 4.82. The molecule has 0 fully saturated rings. The van der Waals surface area contributed by atoms with Crippen LogP contribution in [-0.2, 0) is 16.4 Å². The maximum absolute atomic E-state index is 12.9. The molecule has 0 saturated heterocycles. The Hall–Kier alpha value is -3.37. The molecule has 0 bridgehead atoms. The number of aryl methyl sites for hydroxylation is 1. The number of ether oxygens (including phenoxy) is 2. The molecule has 0 saturated carbocycles. The highest BCUT2D eigenvalue weighted by Gasteiger charge is 2.24. The van der Waals surface area contributed by atoms with Crippen LogP contribution in [0.4, 0.5) is 0 Å². The lowest BCUT2D eigenvalue weighted by atomic mass is 9.92. The normalized spacial score (nSPS) is 12.3. The van der Waals surface area contributed by atoms with Gasteiger partial charge >= 0.3 is 5.69 Å². The van der Waals surface area contributed by atoms with E-state index < -0.39 is 26.2 Å². The van der Waals surface area contributed by atoms with Crippen molar-refractivity contribution in [2.24, 2.45) is 0 Å². The van der Waals surface area contributed by atoms with Crippen molar-refractivity contribution in [3.05, 3.63) is 86.2 Å². The molecule has 170 valence electrons. The van der Waals surface area contributed by atoms with Crippen LogP contribution in [-0.4, -0.2) is 39.2 Å². The second kappa shape index (κ2) is 9.84. The zero-order valence-electron chi connectivity index (χ0n) is 18.0. The second-order valence-corrected chi connectivity index (χ2v) is 8.92. The van der Waals surface area contributed by atoms with Crippen molar-refractivity contribution in [1.82, 2.24) is 14.7 Å². The smallest absolute Gasteiger partial charge is 0.325 e. The van der Waals surface area contributed by atoms with Gasteiger partial charge in [0.2, 0.25) is 10.0 Å². The van der Waals surface area contributed by atoms with E-state index in [0.29, 0.717) is 17.9 Å². The van der Waals surface area contributed by atoms with Gasteiger partial charge in [-0.3, -0.25) is 9.78 Å². The van der Waals surface area contributed by atoms with Gasteiger partial charge in [-0.1, -0.05) is 36.4 Å². The van der Waals surface area contributed by atoms with Crippen LogP contribution >= 0.6 is 0 Å². The molecule has 3 rings (SSSR count). The standard InChI is InChI=1S/C22H25N3O6S/c1-14-20(21(26)25-22(27)24-14)32(28,29)23-13-17(11-15-7-5-4-6-8-15)16-9-10-18(30-2)19(12-16)31-3/h4-10,12,17,23H,11,13H2,1-3H3,(H2,24,25,26,27). The van der Waals surface area contributed by atoms with Gasteiger partial charge in [0.15, 0.2) is 16.4 Å². The third kappa shape index (κ3) is 5.27. The minimum atomic E-state index is -4.18. The Morgan fingerprint density at radius 2 is 1.66 bits per heavy atom. The molecular formula is C22H25N3O6S. The summed E-state index contributed by atoms with van der Waals surface area (Å²) in [4.78, 5) is 27.3. The molecule has 1 heterocycles. The van der Waals surface area contributed by atoms with E-state index in [-0.39, 0.29) is 18.2 Å². The second-order valence-electron chi connectivity index (χ2n) is 7.22. The molecule has 1 aromatic heterocycles. The Balaban J connectivity index is 1.94. The Bertz CT molecular complexity index is 1300. The van der Waals surface area contributed by atoms with E-state index in [1.165, 1.54) is 21.1 Å². The molecule has 3 N–H and O–H groups in total. The highest BCUT2D eigenvalue weighted by atomic mass is 32.2. The van der Waals surface area contributed by atoms with Gasteiger partial charge < -0.3 is 14.5 Å². The Morgan fingerprint density at radius 3 is 2.28 bits per heavy atom. The molecule has 0 aliphatic heterocycles. The van der Waals surface area contributed by atoms with Gasteiger partial charge in [-0.05, 0) is 36.6 Å². The Morgan fingerprint density at radius 1 is 0.969 bits per heavy atom. The highest BCUT2D eigenvalue weighted by molar-refractivity contribution is 7.89. The van der Waals surface area contributed by atoms with Gasteiger partial charge in [0.1, 0.15) is 0 Å². The Kier molecular flexibility index (Phi) is 7.16. The number of hydrogen-bond donors (Lipinski definition) is 3. The molecule has 0 aliphatic rings. The van der Waals surface area contributed by atoms with Crippen LogP contribution in [0.3, 0.4) is 0 Å². The molecule has 0 aliphatic carbocycles. The average Bonchev–Trinajstić information content (AvgIpc) is 2.76. The van der Waals surface area contributed by atoms with Crippen molar-refractivity contribution >= 4 is 10.0 Å². The van der Waals surface area contributed by atoms with Crippen LogP contribution in [0.1, 0.15) is 22.7 Å². The molecule has 9 nitrogen and oxygen atoms in total. The average molecular weight is 460 g/mol. The van der Waals surface area contributed by atoms with E-state index in [2.05, 4.69) is 9.71 Å². The van der Waals surface area contributed by atoms with Crippen LogP contribution in [0, 0.1) is 6.92 Å². The zero-order valence-corrected chi connectivity index (χ0v) is 18.8. The summed E-state index contributed by atoms with van der Waals surface area (Å²) in [6.07, 6.45) is 0.541. The predicted octanol–water partition coefficient (Wildman–Crippen LogP) is 1.69. The van der Waals surface area contributed by atoms with E-state index in [1.807, 2.05) is 41.4 Å². The predicted molar refractivity (Wildman–Crippen MR) is 120 cm³/mol. The number of methoxy groups -OCH3 is 2. The van der Waals surface area contributed by atoms with Crippen molar-refractivity contribution in [1.29, 1.82) is 0 Å². The first-order valence-corrected chi connectivity index (χ1v) is 11.3. The first-order valence-electron chi connectivity index (χ1n) is 9.84. The van der Waals surface area contributed by atoms with Crippen LogP contribution in [0.25, 0.3) is 0 Å². The minimum Gasteiger partial charge on any atom is -0.493 e. The summed E-state index contributed by atoms with van der Waals surface area (Å²) >= 11 is 0. The van der Waals surface area contributed by atoms with Crippen molar-refractivity contribution < 1.29 is 17.9 Å². The van der Waals surface area contributed by atoms with Crippen LogP contribution < -0.4 is 25.4 Å². The Labute approximate surface area is 185 Å². The van der Waals surface area contributed by atoms with Gasteiger partial charge in [-0.15, -0.1) is 0 Å². The lowest BCUT2D eigenvalue weighted by Gasteiger charge is -2.20. The molecule has 0 amide bonds. The van der Waals surface area contributed by atoms with Crippen molar-refractivity contribution in [2.45, 2.75) is 24.2 Å². The number of aromatic nitrogens is 2. The van der Waals surface area contributed by atoms with Crippen LogP contribution in [0.5, 0.6) is 11.5 Å². The molecule has 32 heavy (non-hydrogen) atoms. The fraction of sp³-hybridized carbons (Fsp3) is 0.273. The summed E-state index contributed by atoms with van der Waals surface area (Å²) in [5.41, 5.74) is 0.0889. The number of H-pyrrole nitrogens is 2. The molecular weight excluding hydrogens is 434 g/mol. The summed E-state index contributed by atoms with van der Waals surface area (Å²) in [6, 6.07) is 15.1. The third-order valence-electron chi connectivity index (χ3n) is 5.07. The maximum Gasteiger partial charge on any atom is 0.325 e. The minimum absolute atomic E-state index is 0.0186. The summed E-state index contributed by atoms with van der Waals surface area (Å²) in [7, 11) is -1.11. The zero-order chi connectivity index (χ0) is 23.3. The quantitative estimate of drug-likeness (QED) is 0.446. The van der Waals surface area contributed by atoms with E-state index in [0.717, 1.165) is 11.1 Å². The topological polar surface area (TPSA) is 130 Å². The van der Waals surface area contributed by atoms with Crippen molar-refractivity contribution in [3.63, 3.8) is 0 Å². The number of benzene rings is 2. The molecule has 0 spiro atoms. The SMILES string of the molecule is COc1ccc(C(CNS(=O)(=O)c2c(C)[nH]c(=O)[nH]c2=O)Cc2ccccc2)cc1OC.